The first-order valence-corrected chi connectivity index (χ1v) is 9.03. The number of aromatic nitrogens is 2. The third-order valence-electron chi connectivity index (χ3n) is 4.78. The predicted octanol–water partition coefficient (Wildman–Crippen LogP) is 2.36. The van der Waals surface area contributed by atoms with Gasteiger partial charge in [-0.1, -0.05) is 13.8 Å². The van der Waals surface area contributed by atoms with E-state index in [-0.39, 0.29) is 24.0 Å². The fourth-order valence-electron chi connectivity index (χ4n) is 2.92. The Bertz CT molecular complexity index is 633. The van der Waals surface area contributed by atoms with Crippen LogP contribution in [0.25, 0.3) is 0 Å². The van der Waals surface area contributed by atoms with Gasteiger partial charge in [0.25, 0.3) is 0 Å². The van der Waals surface area contributed by atoms with E-state index < -0.39 is 0 Å². The zero-order chi connectivity index (χ0) is 17.3. The summed E-state index contributed by atoms with van der Waals surface area (Å²) in [5, 5.41) is 3.58. The minimum absolute atomic E-state index is 0. The maximum atomic E-state index is 5.26. The SMILES string of the molecule is CN=C(NC1CC1(C)C)N1CCN(c2ncc(Br)c(OC)n2)CC1.I. The molecule has 25 heavy (non-hydrogen) atoms. The third kappa shape index (κ3) is 4.66. The minimum Gasteiger partial charge on any atom is -0.480 e. The highest BCUT2D eigenvalue weighted by Crippen LogP contribution is 2.44. The number of aliphatic imine (C=N–C) groups is 1. The molecule has 1 atom stereocenters. The Kier molecular flexibility index (Phi) is 6.74. The highest BCUT2D eigenvalue weighted by Gasteiger charge is 2.46. The lowest BCUT2D eigenvalue weighted by Gasteiger charge is -2.36. The van der Waals surface area contributed by atoms with Gasteiger partial charge >= 0.3 is 0 Å². The number of ether oxygens (including phenoxy) is 1. The van der Waals surface area contributed by atoms with Gasteiger partial charge in [0.1, 0.15) is 0 Å². The lowest BCUT2D eigenvalue weighted by molar-refractivity contribution is 0.364. The second-order valence-corrected chi connectivity index (χ2v) is 7.79. The predicted molar refractivity (Wildman–Crippen MR) is 114 cm³/mol. The summed E-state index contributed by atoms with van der Waals surface area (Å²) in [7, 11) is 3.47. The van der Waals surface area contributed by atoms with E-state index in [0.717, 1.165) is 36.6 Å². The van der Waals surface area contributed by atoms with Crippen LogP contribution < -0.4 is 15.0 Å². The van der Waals surface area contributed by atoms with E-state index in [0.29, 0.717) is 23.3 Å². The van der Waals surface area contributed by atoms with Gasteiger partial charge in [-0.3, -0.25) is 4.99 Å². The molecule has 140 valence electrons. The van der Waals surface area contributed by atoms with Gasteiger partial charge in [-0.2, -0.15) is 4.98 Å². The first kappa shape index (κ1) is 20.5. The molecule has 2 fully saturated rings. The Labute approximate surface area is 174 Å². The number of nitrogens with one attached hydrogen (secondary N) is 1. The Hall–Kier alpha value is -0.840. The summed E-state index contributed by atoms with van der Waals surface area (Å²) < 4.78 is 6.03. The maximum absolute atomic E-state index is 5.26. The van der Waals surface area contributed by atoms with Crippen molar-refractivity contribution in [3.8, 4) is 5.88 Å². The second-order valence-electron chi connectivity index (χ2n) is 6.94. The smallest absolute Gasteiger partial charge is 0.232 e. The van der Waals surface area contributed by atoms with Crippen molar-refractivity contribution < 1.29 is 4.74 Å². The van der Waals surface area contributed by atoms with Crippen LogP contribution in [0.2, 0.25) is 0 Å². The van der Waals surface area contributed by atoms with Gasteiger partial charge in [-0.25, -0.2) is 4.98 Å². The molecule has 1 saturated heterocycles. The van der Waals surface area contributed by atoms with Crippen LogP contribution in [0.1, 0.15) is 20.3 Å². The number of piperazine rings is 1. The average Bonchev–Trinajstić information content (AvgIpc) is 3.19. The van der Waals surface area contributed by atoms with Crippen LogP contribution in [0.4, 0.5) is 5.95 Å². The van der Waals surface area contributed by atoms with Gasteiger partial charge < -0.3 is 19.9 Å². The van der Waals surface area contributed by atoms with Crippen molar-refractivity contribution in [1.82, 2.24) is 20.2 Å². The zero-order valence-electron chi connectivity index (χ0n) is 15.1. The van der Waals surface area contributed by atoms with E-state index in [9.17, 15) is 0 Å². The molecular formula is C16H26BrIN6O. The van der Waals surface area contributed by atoms with Gasteiger partial charge in [0.05, 0.1) is 17.8 Å². The molecule has 0 amide bonds. The quantitative estimate of drug-likeness (QED) is 0.372. The van der Waals surface area contributed by atoms with Crippen LogP contribution in [-0.2, 0) is 0 Å². The Morgan fingerprint density at radius 1 is 1.36 bits per heavy atom. The molecule has 3 rings (SSSR count). The lowest BCUT2D eigenvalue weighted by Crippen LogP contribution is -2.53. The fourth-order valence-corrected chi connectivity index (χ4v) is 3.28. The van der Waals surface area contributed by atoms with Crippen molar-refractivity contribution in [2.75, 3.05) is 45.2 Å². The number of rotatable bonds is 3. The normalized spacial score (nSPS) is 22.3. The van der Waals surface area contributed by atoms with E-state index in [4.69, 9.17) is 4.74 Å². The molecule has 1 aromatic rings. The average molecular weight is 525 g/mol. The topological polar surface area (TPSA) is 65.9 Å². The van der Waals surface area contributed by atoms with Gasteiger partial charge in [-0.05, 0) is 27.8 Å². The number of guanidine groups is 1. The zero-order valence-corrected chi connectivity index (χ0v) is 19.0. The largest absolute Gasteiger partial charge is 0.480 e. The second kappa shape index (κ2) is 8.24. The molecule has 1 aliphatic heterocycles. The van der Waals surface area contributed by atoms with Crippen molar-refractivity contribution in [3.63, 3.8) is 0 Å². The number of hydrogen-bond donors (Lipinski definition) is 1. The number of hydrogen-bond acceptors (Lipinski definition) is 5. The van der Waals surface area contributed by atoms with Gasteiger partial charge in [0.15, 0.2) is 5.96 Å². The van der Waals surface area contributed by atoms with E-state index in [1.54, 1.807) is 13.3 Å². The molecular weight excluding hydrogens is 499 g/mol. The Balaban J connectivity index is 0.00000225. The molecule has 0 aromatic carbocycles. The standard InChI is InChI=1S/C16H25BrN6O.HI/c1-16(2)9-12(16)20-14(18-3)22-5-7-23(8-6-22)15-19-10-11(17)13(21-15)24-4;/h10,12H,5-9H2,1-4H3,(H,18,20);1H. The van der Waals surface area contributed by atoms with Crippen LogP contribution >= 0.6 is 39.9 Å². The van der Waals surface area contributed by atoms with Gasteiger partial charge in [0, 0.05) is 39.3 Å². The molecule has 9 heteroatoms. The van der Waals surface area contributed by atoms with Gasteiger partial charge in [-0.15, -0.1) is 24.0 Å². The summed E-state index contributed by atoms with van der Waals surface area (Å²) >= 11 is 3.39. The summed E-state index contributed by atoms with van der Waals surface area (Å²) in [6, 6.07) is 0.535. The summed E-state index contributed by atoms with van der Waals surface area (Å²) in [5.74, 6) is 2.27. The van der Waals surface area contributed by atoms with Crippen LogP contribution in [0.5, 0.6) is 5.88 Å². The summed E-state index contributed by atoms with van der Waals surface area (Å²) in [6.07, 6.45) is 2.95. The van der Waals surface area contributed by atoms with Crippen LogP contribution in [0, 0.1) is 5.41 Å². The summed E-state index contributed by atoms with van der Waals surface area (Å²) in [5.41, 5.74) is 0.388. The number of methoxy groups -OCH3 is 1. The van der Waals surface area contributed by atoms with Crippen molar-refractivity contribution in [2.45, 2.75) is 26.3 Å². The van der Waals surface area contributed by atoms with E-state index >= 15 is 0 Å². The fraction of sp³-hybridized carbons (Fsp3) is 0.688. The Morgan fingerprint density at radius 3 is 2.52 bits per heavy atom. The van der Waals surface area contributed by atoms with Gasteiger partial charge in [0.2, 0.25) is 11.8 Å². The number of anilines is 1. The Morgan fingerprint density at radius 2 is 2.00 bits per heavy atom. The first-order valence-electron chi connectivity index (χ1n) is 8.24. The monoisotopic (exact) mass is 524 g/mol. The van der Waals surface area contributed by atoms with E-state index in [2.05, 4.69) is 59.9 Å². The van der Waals surface area contributed by atoms with Crippen LogP contribution in [0.3, 0.4) is 0 Å². The molecule has 1 aliphatic carbocycles. The maximum Gasteiger partial charge on any atom is 0.232 e. The van der Waals surface area contributed by atoms with E-state index in [1.165, 1.54) is 6.42 Å². The highest BCUT2D eigenvalue weighted by atomic mass is 127. The molecule has 1 N–H and O–H groups in total. The summed E-state index contributed by atoms with van der Waals surface area (Å²) in [4.78, 5) is 17.8. The molecule has 1 unspecified atom stereocenters. The van der Waals surface area contributed by atoms with Crippen LogP contribution in [0.15, 0.2) is 15.7 Å². The molecule has 1 saturated carbocycles. The molecule has 1 aromatic heterocycles. The molecule has 2 heterocycles. The minimum atomic E-state index is 0. The van der Waals surface area contributed by atoms with Crippen molar-refractivity contribution in [3.05, 3.63) is 10.7 Å². The molecule has 0 bridgehead atoms. The first-order chi connectivity index (χ1) is 11.4. The molecule has 0 radical (unpaired) electrons. The molecule has 0 spiro atoms. The number of nitrogens with zero attached hydrogens (tertiary/aromatic N) is 5. The third-order valence-corrected chi connectivity index (χ3v) is 5.33. The van der Waals surface area contributed by atoms with Crippen molar-refractivity contribution >= 4 is 51.8 Å². The molecule has 2 aliphatic rings. The highest BCUT2D eigenvalue weighted by molar-refractivity contribution is 14.0. The van der Waals surface area contributed by atoms with Crippen molar-refractivity contribution in [1.29, 1.82) is 0 Å². The van der Waals surface area contributed by atoms with E-state index in [1.807, 2.05) is 7.05 Å². The molecule has 7 nitrogen and oxygen atoms in total. The number of halogens is 2. The van der Waals surface area contributed by atoms with Crippen LogP contribution in [-0.4, -0.2) is 67.2 Å². The van der Waals surface area contributed by atoms with Crippen molar-refractivity contribution in [2.24, 2.45) is 10.4 Å². The summed E-state index contributed by atoms with van der Waals surface area (Å²) in [6.45, 7) is 8.09. The lowest BCUT2D eigenvalue weighted by atomic mass is 10.2.